The summed E-state index contributed by atoms with van der Waals surface area (Å²) < 4.78 is 16.2. The predicted molar refractivity (Wildman–Crippen MR) is 85.8 cm³/mol. The molecule has 2 atom stereocenters. The summed E-state index contributed by atoms with van der Waals surface area (Å²) in [7, 11) is 4.44. The van der Waals surface area contributed by atoms with Gasteiger partial charge in [0.25, 0.3) is 0 Å². The Bertz CT molecular complexity index is 355. The Kier molecular flexibility index (Phi) is 12.6. The van der Waals surface area contributed by atoms with Gasteiger partial charge in [-0.2, -0.15) is 0 Å². The van der Waals surface area contributed by atoms with Crippen molar-refractivity contribution in [3.8, 4) is 0 Å². The van der Waals surface area contributed by atoms with E-state index in [2.05, 4.69) is 4.90 Å². The lowest BCUT2D eigenvalue weighted by atomic mass is 10.2. The van der Waals surface area contributed by atoms with Crippen LogP contribution in [-0.4, -0.2) is 51.3 Å². The largest absolute Gasteiger partial charge is 0.356 e. The van der Waals surface area contributed by atoms with Gasteiger partial charge >= 0.3 is 0 Å². The molecule has 2 amide bonds. The van der Waals surface area contributed by atoms with E-state index in [4.69, 9.17) is 23.4 Å². The molecule has 7 nitrogen and oxygen atoms in total. The molecule has 1 heterocycles. The Morgan fingerprint density at radius 1 is 1.23 bits per heavy atom. The molecule has 1 fully saturated rings. The van der Waals surface area contributed by atoms with Gasteiger partial charge in [-0.1, -0.05) is 12.2 Å². The van der Waals surface area contributed by atoms with Crippen molar-refractivity contribution >= 4 is 21.2 Å². The van der Waals surface area contributed by atoms with Crippen molar-refractivity contribution in [2.45, 2.75) is 32.1 Å². The van der Waals surface area contributed by atoms with Gasteiger partial charge in [0, 0.05) is 21.3 Å². The van der Waals surface area contributed by atoms with Crippen molar-refractivity contribution in [1.29, 1.82) is 0 Å². The monoisotopic (exact) mass is 332 g/mol. The van der Waals surface area contributed by atoms with E-state index in [1.54, 1.807) is 19.5 Å². The minimum atomic E-state index is -0.897. The highest BCUT2D eigenvalue weighted by Gasteiger charge is 2.25. The van der Waals surface area contributed by atoms with Crippen LogP contribution in [0.15, 0.2) is 24.2 Å². The lowest BCUT2D eigenvalue weighted by Crippen LogP contribution is -2.26. The third kappa shape index (κ3) is 8.89. The van der Waals surface area contributed by atoms with Crippen LogP contribution in [0.1, 0.15) is 19.8 Å². The number of nitrogens with one attached hydrogen (secondary N) is 1. The molecule has 0 radical (unpaired) electrons. The zero-order valence-electron chi connectivity index (χ0n) is 13.5. The van der Waals surface area contributed by atoms with E-state index >= 15 is 0 Å². The number of carbonyl (C=O) groups excluding carboxylic acids is 2. The summed E-state index contributed by atoms with van der Waals surface area (Å²) in [4.78, 5) is 20.2. The molecule has 0 bridgehead atoms. The highest BCUT2D eigenvalue weighted by molar-refractivity contribution is 7.50. The molecule has 0 aromatic rings. The summed E-state index contributed by atoms with van der Waals surface area (Å²) in [5, 5.41) is 1.75. The van der Waals surface area contributed by atoms with Gasteiger partial charge in [-0.3, -0.25) is 9.59 Å². The molecule has 0 aliphatic carbocycles. The van der Waals surface area contributed by atoms with Crippen LogP contribution in [0.4, 0.5) is 0 Å². The Morgan fingerprint density at radius 2 is 1.86 bits per heavy atom. The van der Waals surface area contributed by atoms with E-state index in [1.807, 2.05) is 38.1 Å². The van der Waals surface area contributed by atoms with E-state index < -0.39 is 8.38 Å². The molecular formula is C14H25N2O5P. The molecule has 1 aliphatic heterocycles. The third-order valence-electron chi connectivity index (χ3n) is 2.79. The molecule has 8 heteroatoms. The number of amides is 2. The molecule has 1 N–H and O–H groups in total. The Hall–Kier alpha value is -1.27. The second kappa shape index (κ2) is 13.4. The lowest BCUT2D eigenvalue weighted by molar-refractivity contribution is -0.117. The van der Waals surface area contributed by atoms with Gasteiger partial charge in [-0.05, 0) is 31.8 Å². The van der Waals surface area contributed by atoms with Crippen molar-refractivity contribution in [2.24, 2.45) is 0 Å². The molecule has 126 valence electrons. The van der Waals surface area contributed by atoms with E-state index in [0.717, 1.165) is 12.8 Å². The Labute approximate surface area is 133 Å². The topological polar surface area (TPSA) is 77.1 Å². The maximum Gasteiger partial charge on any atom is 0.213 e. The van der Waals surface area contributed by atoms with Crippen molar-refractivity contribution < 1.29 is 23.4 Å². The second-order valence-electron chi connectivity index (χ2n) is 4.25. The van der Waals surface area contributed by atoms with Crippen LogP contribution < -0.4 is 5.32 Å². The normalized spacial score (nSPS) is 21.0. The quantitative estimate of drug-likeness (QED) is 0.541. The molecule has 0 aromatic heterocycles. The highest BCUT2D eigenvalue weighted by atomic mass is 31.2. The number of nitrogens with zero attached hydrogens (tertiary/aromatic N) is 1. The number of carbonyl (C=O) groups is 2. The molecule has 1 rings (SSSR count). The Morgan fingerprint density at radius 3 is 2.32 bits per heavy atom. The summed E-state index contributed by atoms with van der Waals surface area (Å²) in [6, 6.07) is 0. The van der Waals surface area contributed by atoms with Crippen molar-refractivity contribution in [3.63, 3.8) is 0 Å². The SMILES string of the molecule is C/C=C\N(C)C1CCC(/C=C/P(OC)OC)O1.O=CNC=O. The van der Waals surface area contributed by atoms with Crippen LogP contribution in [0.25, 0.3) is 0 Å². The first kappa shape index (κ1) is 20.7. The van der Waals surface area contributed by atoms with E-state index in [9.17, 15) is 0 Å². The van der Waals surface area contributed by atoms with Crippen molar-refractivity contribution in [1.82, 2.24) is 10.2 Å². The van der Waals surface area contributed by atoms with Crippen LogP contribution in [0, 0.1) is 0 Å². The summed E-state index contributed by atoms with van der Waals surface area (Å²) in [6.45, 7) is 2.01. The summed E-state index contributed by atoms with van der Waals surface area (Å²) in [6.07, 6.45) is 9.16. The minimum absolute atomic E-state index is 0.169. The number of imide groups is 1. The fraction of sp³-hybridized carbons (Fsp3) is 0.571. The van der Waals surface area contributed by atoms with E-state index in [0.29, 0.717) is 12.8 Å². The van der Waals surface area contributed by atoms with Crippen LogP contribution in [0.5, 0.6) is 0 Å². The van der Waals surface area contributed by atoms with Crippen molar-refractivity contribution in [3.05, 3.63) is 24.2 Å². The van der Waals surface area contributed by atoms with Gasteiger partial charge in [0.05, 0.1) is 6.10 Å². The maximum atomic E-state index is 9.06. The average Bonchev–Trinajstić information content (AvgIpc) is 2.99. The van der Waals surface area contributed by atoms with Gasteiger partial charge in [-0.25, -0.2) is 0 Å². The molecule has 22 heavy (non-hydrogen) atoms. The molecule has 0 saturated carbocycles. The number of allylic oxidation sites excluding steroid dienone is 1. The Balaban J connectivity index is 0.000000763. The average molecular weight is 332 g/mol. The number of rotatable bonds is 8. The van der Waals surface area contributed by atoms with Gasteiger partial charge < -0.3 is 24.0 Å². The van der Waals surface area contributed by atoms with Gasteiger partial charge in [0.2, 0.25) is 12.8 Å². The first-order valence-corrected chi connectivity index (χ1v) is 8.06. The second-order valence-corrected chi connectivity index (χ2v) is 5.85. The fourth-order valence-electron chi connectivity index (χ4n) is 1.81. The summed E-state index contributed by atoms with van der Waals surface area (Å²) >= 11 is 0. The lowest BCUT2D eigenvalue weighted by Gasteiger charge is -2.22. The van der Waals surface area contributed by atoms with Gasteiger partial charge in [0.15, 0.2) is 8.38 Å². The maximum absolute atomic E-state index is 9.06. The molecular weight excluding hydrogens is 307 g/mol. The molecule has 0 spiro atoms. The number of hydrogen-bond acceptors (Lipinski definition) is 6. The number of ether oxygens (including phenoxy) is 1. The zero-order chi connectivity index (χ0) is 16.8. The predicted octanol–water partition coefficient (Wildman–Crippen LogP) is 1.96. The van der Waals surface area contributed by atoms with Gasteiger partial charge in [0.1, 0.15) is 6.23 Å². The van der Waals surface area contributed by atoms with E-state index in [1.165, 1.54) is 0 Å². The molecule has 1 saturated heterocycles. The van der Waals surface area contributed by atoms with E-state index in [-0.39, 0.29) is 12.3 Å². The van der Waals surface area contributed by atoms with Gasteiger partial charge in [-0.15, -0.1) is 0 Å². The first-order chi connectivity index (χ1) is 10.6. The standard InChI is InChI=1S/C12H22NO3P.C2H3NO2/c1-5-9-13(2)12-7-6-11(16-12)8-10-17(14-3)15-4;4-1-3-2-5/h5,8-12H,6-7H2,1-4H3;1-2H,(H,3,4,5)/b9-5-,10-8+;. The fourth-order valence-corrected chi connectivity index (χ4v) is 2.53. The molecule has 1 aliphatic rings. The third-order valence-corrected chi connectivity index (χ3v) is 3.92. The summed E-state index contributed by atoms with van der Waals surface area (Å²) in [5.41, 5.74) is 0. The van der Waals surface area contributed by atoms with Crippen LogP contribution in [0.2, 0.25) is 0 Å². The molecule has 2 unspecified atom stereocenters. The smallest absolute Gasteiger partial charge is 0.213 e. The zero-order valence-corrected chi connectivity index (χ0v) is 14.4. The highest BCUT2D eigenvalue weighted by Crippen LogP contribution is 2.38. The minimum Gasteiger partial charge on any atom is -0.356 e. The van der Waals surface area contributed by atoms with Crippen molar-refractivity contribution in [2.75, 3.05) is 21.3 Å². The van der Waals surface area contributed by atoms with Crippen LogP contribution in [-0.2, 0) is 23.4 Å². The van der Waals surface area contributed by atoms with Crippen LogP contribution in [0.3, 0.4) is 0 Å². The molecule has 0 aromatic carbocycles. The first-order valence-electron chi connectivity index (χ1n) is 6.82. The summed E-state index contributed by atoms with van der Waals surface area (Å²) in [5.74, 6) is 1.96. The van der Waals surface area contributed by atoms with Crippen LogP contribution >= 0.6 is 8.38 Å². The number of hydrogen-bond donors (Lipinski definition) is 1.